The van der Waals surface area contributed by atoms with Crippen LogP contribution in [0.4, 0.5) is 0 Å². The number of aliphatic hydroxyl groups excluding tert-OH is 5. The minimum absolute atomic E-state index is 0.0127. The maximum Gasteiger partial charge on any atom is 0.331 e. The predicted molar refractivity (Wildman–Crippen MR) is 211 cm³/mol. The Morgan fingerprint density at radius 3 is 2.23 bits per heavy atom. The van der Waals surface area contributed by atoms with E-state index in [1.54, 1.807) is 13.8 Å². The summed E-state index contributed by atoms with van der Waals surface area (Å²) in [6.45, 7) is 8.71. The summed E-state index contributed by atoms with van der Waals surface area (Å²) in [4.78, 5) is 24.5. The van der Waals surface area contributed by atoms with Gasteiger partial charge in [0.25, 0.3) is 0 Å². The molecular formula is C44H68O18. The highest BCUT2D eigenvalue weighted by Gasteiger charge is 2.71. The van der Waals surface area contributed by atoms with E-state index in [2.05, 4.69) is 13.8 Å². The monoisotopic (exact) mass is 884 g/mol. The Hall–Kier alpha value is -1.88. The lowest BCUT2D eigenvalue weighted by Gasteiger charge is -2.63. The molecule has 62 heavy (non-hydrogen) atoms. The first-order valence-corrected chi connectivity index (χ1v) is 22.6. The largest absolute Gasteiger partial charge is 0.462 e. The summed E-state index contributed by atoms with van der Waals surface area (Å²) in [6, 6.07) is 0. The van der Waals surface area contributed by atoms with Gasteiger partial charge in [-0.15, -0.1) is 0 Å². The molecule has 7 fully saturated rings. The average Bonchev–Trinajstić information content (AvgIpc) is 3.73. The van der Waals surface area contributed by atoms with Gasteiger partial charge < -0.3 is 78.4 Å². The maximum atomic E-state index is 12.9. The molecule has 0 bridgehead atoms. The summed E-state index contributed by atoms with van der Waals surface area (Å²) in [5.74, 6) is -3.26. The topological polar surface area (TPSA) is 259 Å². The number of aliphatic hydroxyl groups is 7. The number of esters is 2. The third-order valence-corrected chi connectivity index (χ3v) is 16.6. The number of rotatable bonds is 10. The van der Waals surface area contributed by atoms with Gasteiger partial charge >= 0.3 is 17.9 Å². The number of hydrogen-bond acceptors (Lipinski definition) is 18. The van der Waals surface area contributed by atoms with E-state index in [0.29, 0.717) is 12.3 Å². The van der Waals surface area contributed by atoms with Gasteiger partial charge in [0.15, 0.2) is 18.7 Å². The molecule has 4 aliphatic heterocycles. The van der Waals surface area contributed by atoms with Crippen LogP contribution in [0.25, 0.3) is 0 Å². The highest BCUT2D eigenvalue weighted by Crippen LogP contribution is 2.70. The van der Waals surface area contributed by atoms with Crippen molar-refractivity contribution in [1.29, 1.82) is 0 Å². The minimum Gasteiger partial charge on any atom is -0.462 e. The summed E-state index contributed by atoms with van der Waals surface area (Å²) in [5.41, 5.74) is -0.897. The number of methoxy groups -OCH3 is 1. The molecule has 7 N–H and O–H groups in total. The van der Waals surface area contributed by atoms with Gasteiger partial charge in [-0.25, -0.2) is 4.79 Å². The number of carbonyl (C=O) groups is 2. The molecule has 0 aromatic carbocycles. The molecule has 0 aromatic heterocycles. The zero-order valence-corrected chi connectivity index (χ0v) is 36.6. The normalized spacial score (nSPS) is 52.9. The third kappa shape index (κ3) is 7.98. The Kier molecular flexibility index (Phi) is 13.1. The highest BCUT2D eigenvalue weighted by atomic mass is 16.8. The molecule has 12 unspecified atom stereocenters. The zero-order valence-electron chi connectivity index (χ0n) is 36.6. The van der Waals surface area contributed by atoms with Gasteiger partial charge in [-0.3, -0.25) is 4.79 Å². The quantitative estimate of drug-likeness (QED) is 0.0906. The molecule has 8 rings (SSSR count). The SMILES string of the molecule is COC1CC(OC2C(O)CC(O[C@H]3CC[C@]4(C)C5CC[C@]6(C)[C@@H](C7=CC(=O)OC7)[C@@H](OC(C)=O)C[C@]6(O)C5CC[C@@H]4C3)OC2C)OC(C)C1O[C@]1(O)OC(CO)[C@@H](O)C(O)[C@@H]1O. The Bertz CT molecular complexity index is 1670. The van der Waals surface area contributed by atoms with Crippen LogP contribution >= 0.6 is 0 Å². The third-order valence-electron chi connectivity index (χ3n) is 16.6. The van der Waals surface area contributed by atoms with Crippen molar-refractivity contribution in [2.24, 2.45) is 34.5 Å². The van der Waals surface area contributed by atoms with Crippen LogP contribution in [0, 0.1) is 34.5 Å². The van der Waals surface area contributed by atoms with Crippen LogP contribution in [0.15, 0.2) is 11.6 Å². The minimum atomic E-state index is -2.79. The standard InChI is InChI=1S/C44H68O18/c1-20-38(60-34-16-29(54-6)39(21(2)57-34)62-44(53)40(51)37(50)36(49)31(18-45)61-44)28(47)15-33(56-20)59-25-9-11-41(4)24(14-25)7-8-27-26(41)10-12-42(5)35(23-13-32(48)55-19-23)30(58-22(3)46)17-43(27,42)52/h13,20-21,24-31,33-40,45,47,49-53H,7-12,14-19H2,1-6H3/t20?,21?,24-,25+,26?,27?,28?,29?,30+,31?,33?,34?,35+,36-,37?,38?,39?,40+,41+,42-,43+,44-/m1/s1. The van der Waals surface area contributed by atoms with Crippen LogP contribution in [0.2, 0.25) is 0 Å². The second-order valence-corrected chi connectivity index (χ2v) is 20.0. The highest BCUT2D eigenvalue weighted by molar-refractivity contribution is 5.85. The summed E-state index contributed by atoms with van der Waals surface area (Å²) in [7, 11) is 1.42. The molecule has 4 saturated carbocycles. The van der Waals surface area contributed by atoms with Gasteiger partial charge in [-0.05, 0) is 87.5 Å². The molecule has 4 aliphatic carbocycles. The summed E-state index contributed by atoms with van der Waals surface area (Å²) in [5, 5.41) is 75.9. The molecule has 3 saturated heterocycles. The van der Waals surface area contributed by atoms with E-state index in [1.165, 1.54) is 20.1 Å². The van der Waals surface area contributed by atoms with Crippen molar-refractivity contribution in [2.45, 2.75) is 196 Å². The van der Waals surface area contributed by atoms with E-state index in [4.69, 9.17) is 42.6 Å². The van der Waals surface area contributed by atoms with E-state index >= 15 is 0 Å². The summed E-state index contributed by atoms with van der Waals surface area (Å²) >= 11 is 0. The molecule has 0 amide bonds. The van der Waals surface area contributed by atoms with Gasteiger partial charge in [-0.1, -0.05) is 13.8 Å². The molecule has 22 atom stereocenters. The number of carbonyl (C=O) groups excluding carboxylic acids is 2. The first-order chi connectivity index (χ1) is 29.2. The van der Waals surface area contributed by atoms with Crippen molar-refractivity contribution in [1.82, 2.24) is 0 Å². The Morgan fingerprint density at radius 2 is 1.58 bits per heavy atom. The smallest absolute Gasteiger partial charge is 0.331 e. The molecular weight excluding hydrogens is 816 g/mol. The van der Waals surface area contributed by atoms with Gasteiger partial charge in [0, 0.05) is 50.7 Å². The molecule has 0 aromatic rings. The van der Waals surface area contributed by atoms with Crippen molar-refractivity contribution in [3.63, 3.8) is 0 Å². The van der Waals surface area contributed by atoms with Gasteiger partial charge in [-0.2, -0.15) is 0 Å². The van der Waals surface area contributed by atoms with Crippen LogP contribution in [0.5, 0.6) is 0 Å². The molecule has 8 aliphatic rings. The molecule has 18 nitrogen and oxygen atoms in total. The number of hydrogen-bond donors (Lipinski definition) is 7. The molecule has 0 spiro atoms. The molecule has 352 valence electrons. The second-order valence-electron chi connectivity index (χ2n) is 20.0. The van der Waals surface area contributed by atoms with Gasteiger partial charge in [0.2, 0.25) is 0 Å². The van der Waals surface area contributed by atoms with Crippen molar-refractivity contribution >= 4 is 11.9 Å². The lowest BCUT2D eigenvalue weighted by Crippen LogP contribution is -2.68. The van der Waals surface area contributed by atoms with Gasteiger partial charge in [0.1, 0.15) is 43.2 Å². The van der Waals surface area contributed by atoms with E-state index in [9.17, 15) is 45.3 Å². The number of cyclic esters (lactones) is 1. The van der Waals surface area contributed by atoms with E-state index < -0.39 is 115 Å². The molecule has 18 heteroatoms. The van der Waals surface area contributed by atoms with Crippen LogP contribution in [-0.2, 0) is 52.2 Å². The Labute approximate surface area is 362 Å². The first kappa shape index (κ1) is 46.6. The second kappa shape index (κ2) is 17.4. The van der Waals surface area contributed by atoms with Crippen LogP contribution < -0.4 is 0 Å². The van der Waals surface area contributed by atoms with Crippen molar-refractivity contribution < 1.29 is 88.0 Å². The van der Waals surface area contributed by atoms with Crippen LogP contribution in [0.1, 0.15) is 98.8 Å². The van der Waals surface area contributed by atoms with Gasteiger partial charge in [0.05, 0.1) is 42.7 Å². The fraction of sp³-hybridized carbons (Fsp3) is 0.909. The average molecular weight is 885 g/mol. The van der Waals surface area contributed by atoms with Crippen molar-refractivity contribution in [3.8, 4) is 0 Å². The number of fused-ring (bicyclic) bond motifs is 5. The fourth-order valence-electron chi connectivity index (χ4n) is 13.5. The van der Waals surface area contributed by atoms with E-state index in [0.717, 1.165) is 50.5 Å². The molecule has 4 heterocycles. The lowest BCUT2D eigenvalue weighted by molar-refractivity contribution is -0.470. The zero-order chi connectivity index (χ0) is 44.7. The Morgan fingerprint density at radius 1 is 0.871 bits per heavy atom. The first-order valence-electron chi connectivity index (χ1n) is 22.6. The lowest BCUT2D eigenvalue weighted by atomic mass is 9.43. The summed E-state index contributed by atoms with van der Waals surface area (Å²) < 4.78 is 53.2. The summed E-state index contributed by atoms with van der Waals surface area (Å²) in [6.07, 6.45) is -6.09. The Balaban J connectivity index is 0.858. The fourth-order valence-corrected chi connectivity index (χ4v) is 13.5. The predicted octanol–water partition coefficient (Wildman–Crippen LogP) is 0.706. The molecule has 0 radical (unpaired) electrons. The van der Waals surface area contributed by atoms with Crippen molar-refractivity contribution in [2.75, 3.05) is 20.3 Å². The van der Waals surface area contributed by atoms with Crippen LogP contribution in [-0.4, -0.2) is 165 Å². The number of ether oxygens (including phenoxy) is 9. The van der Waals surface area contributed by atoms with E-state index in [-0.39, 0.29) is 48.7 Å². The van der Waals surface area contributed by atoms with Crippen molar-refractivity contribution in [3.05, 3.63) is 11.6 Å². The van der Waals surface area contributed by atoms with Crippen LogP contribution in [0.3, 0.4) is 0 Å². The maximum absolute atomic E-state index is 12.9. The van der Waals surface area contributed by atoms with E-state index in [1.807, 2.05) is 0 Å².